The molecule has 0 heterocycles. The summed E-state index contributed by atoms with van der Waals surface area (Å²) in [6.07, 6.45) is 2.49. The van der Waals surface area contributed by atoms with Crippen LogP contribution in [0.4, 0.5) is 0 Å². The summed E-state index contributed by atoms with van der Waals surface area (Å²) >= 11 is 0. The summed E-state index contributed by atoms with van der Waals surface area (Å²) in [5.74, 6) is 1.90. The van der Waals surface area contributed by atoms with E-state index in [2.05, 4.69) is 19.2 Å². The highest BCUT2D eigenvalue weighted by atomic mass is 14.9. The Morgan fingerprint density at radius 1 is 1.64 bits per heavy atom. The van der Waals surface area contributed by atoms with Crippen molar-refractivity contribution in [2.45, 2.75) is 32.7 Å². The normalized spacial score (nSPS) is 31.9. The smallest absolute Gasteiger partial charge is 0.0162 e. The fourth-order valence-electron chi connectivity index (χ4n) is 1.28. The molecule has 0 amide bonds. The van der Waals surface area contributed by atoms with Gasteiger partial charge in [0.25, 0.3) is 0 Å². The maximum absolute atomic E-state index is 5.75. The molecule has 1 fully saturated rings. The van der Waals surface area contributed by atoms with Crippen LogP contribution in [0.5, 0.6) is 0 Å². The molecule has 0 aromatic carbocycles. The number of rotatable bonds is 5. The average molecular weight is 156 g/mol. The Morgan fingerprint density at radius 3 is 2.73 bits per heavy atom. The molecule has 0 radical (unpaired) electrons. The van der Waals surface area contributed by atoms with Crippen molar-refractivity contribution in [2.75, 3.05) is 13.1 Å². The van der Waals surface area contributed by atoms with Crippen LogP contribution in [0.3, 0.4) is 0 Å². The highest BCUT2D eigenvalue weighted by Crippen LogP contribution is 2.36. The molecule has 1 saturated carbocycles. The predicted molar refractivity (Wildman–Crippen MR) is 48.4 cm³/mol. The van der Waals surface area contributed by atoms with Crippen LogP contribution in [0, 0.1) is 11.8 Å². The molecular formula is C9H20N2. The summed E-state index contributed by atoms with van der Waals surface area (Å²) in [7, 11) is 0. The van der Waals surface area contributed by atoms with Gasteiger partial charge in [0.15, 0.2) is 0 Å². The van der Waals surface area contributed by atoms with Gasteiger partial charge < -0.3 is 11.1 Å². The Labute approximate surface area is 69.5 Å². The van der Waals surface area contributed by atoms with E-state index in [4.69, 9.17) is 5.73 Å². The van der Waals surface area contributed by atoms with Crippen molar-refractivity contribution in [1.82, 2.24) is 5.32 Å². The van der Waals surface area contributed by atoms with E-state index in [9.17, 15) is 0 Å². The van der Waals surface area contributed by atoms with Gasteiger partial charge >= 0.3 is 0 Å². The quantitative estimate of drug-likeness (QED) is 0.622. The zero-order chi connectivity index (χ0) is 8.27. The largest absolute Gasteiger partial charge is 0.327 e. The summed E-state index contributed by atoms with van der Waals surface area (Å²) in [6.45, 7) is 6.60. The van der Waals surface area contributed by atoms with Crippen molar-refractivity contribution in [3.05, 3.63) is 0 Å². The first-order valence-electron chi connectivity index (χ1n) is 4.70. The van der Waals surface area contributed by atoms with E-state index in [1.54, 1.807) is 0 Å². The molecule has 0 saturated heterocycles. The summed E-state index contributed by atoms with van der Waals surface area (Å²) in [6, 6.07) is 0.351. The standard InChI is InChI=1S/C9H20N2/c1-3-9(10)6-11-5-8-4-7(8)2/h7-9,11H,3-6,10H2,1-2H3. The summed E-state index contributed by atoms with van der Waals surface area (Å²) < 4.78 is 0. The summed E-state index contributed by atoms with van der Waals surface area (Å²) in [5, 5.41) is 3.40. The van der Waals surface area contributed by atoms with Crippen LogP contribution in [0.1, 0.15) is 26.7 Å². The Kier molecular flexibility index (Phi) is 3.34. The lowest BCUT2D eigenvalue weighted by molar-refractivity contribution is 0.538. The number of nitrogens with one attached hydrogen (secondary N) is 1. The van der Waals surface area contributed by atoms with Gasteiger partial charge in [0.05, 0.1) is 0 Å². The van der Waals surface area contributed by atoms with E-state index in [1.165, 1.54) is 13.0 Å². The molecule has 1 rings (SSSR count). The van der Waals surface area contributed by atoms with Gasteiger partial charge in [0, 0.05) is 12.6 Å². The molecule has 1 aliphatic carbocycles. The summed E-state index contributed by atoms with van der Waals surface area (Å²) in [4.78, 5) is 0. The maximum Gasteiger partial charge on any atom is 0.0162 e. The highest BCUT2D eigenvalue weighted by molar-refractivity contribution is 4.84. The molecule has 3 unspecified atom stereocenters. The van der Waals surface area contributed by atoms with Crippen molar-refractivity contribution in [2.24, 2.45) is 17.6 Å². The third-order valence-electron chi connectivity index (χ3n) is 2.61. The SMILES string of the molecule is CCC(N)CNCC1CC1C. The fourth-order valence-corrected chi connectivity index (χ4v) is 1.28. The minimum atomic E-state index is 0.351. The van der Waals surface area contributed by atoms with Gasteiger partial charge in [-0.25, -0.2) is 0 Å². The molecule has 2 nitrogen and oxygen atoms in total. The lowest BCUT2D eigenvalue weighted by atomic mass is 10.2. The Morgan fingerprint density at radius 2 is 2.27 bits per heavy atom. The molecule has 0 bridgehead atoms. The zero-order valence-corrected chi connectivity index (χ0v) is 7.64. The van der Waals surface area contributed by atoms with Crippen molar-refractivity contribution in [3.8, 4) is 0 Å². The molecule has 66 valence electrons. The lowest BCUT2D eigenvalue weighted by Gasteiger charge is -2.09. The molecule has 3 N–H and O–H groups in total. The molecule has 0 aromatic heterocycles. The lowest BCUT2D eigenvalue weighted by Crippen LogP contribution is -2.34. The number of hydrogen-bond acceptors (Lipinski definition) is 2. The van der Waals surface area contributed by atoms with E-state index in [-0.39, 0.29) is 0 Å². The molecular weight excluding hydrogens is 136 g/mol. The van der Waals surface area contributed by atoms with Crippen LogP contribution in [0.15, 0.2) is 0 Å². The second-order valence-electron chi connectivity index (χ2n) is 3.80. The van der Waals surface area contributed by atoms with Crippen LogP contribution in [-0.2, 0) is 0 Å². The maximum atomic E-state index is 5.75. The van der Waals surface area contributed by atoms with Crippen molar-refractivity contribution in [1.29, 1.82) is 0 Å². The van der Waals surface area contributed by atoms with E-state index in [0.29, 0.717) is 6.04 Å². The molecule has 0 aliphatic heterocycles. The second-order valence-corrected chi connectivity index (χ2v) is 3.80. The van der Waals surface area contributed by atoms with Gasteiger partial charge in [-0.15, -0.1) is 0 Å². The predicted octanol–water partition coefficient (Wildman–Crippen LogP) is 0.969. The first kappa shape index (κ1) is 9.01. The zero-order valence-electron chi connectivity index (χ0n) is 7.64. The molecule has 0 spiro atoms. The second kappa shape index (κ2) is 4.07. The highest BCUT2D eigenvalue weighted by Gasteiger charge is 2.31. The molecule has 0 aromatic rings. The fraction of sp³-hybridized carbons (Fsp3) is 1.00. The van der Waals surface area contributed by atoms with Gasteiger partial charge in [-0.3, -0.25) is 0 Å². The molecule has 3 atom stereocenters. The Hall–Kier alpha value is -0.0800. The molecule has 1 aliphatic rings. The first-order chi connectivity index (χ1) is 5.24. The van der Waals surface area contributed by atoms with E-state index < -0.39 is 0 Å². The van der Waals surface area contributed by atoms with Gasteiger partial charge in [0.2, 0.25) is 0 Å². The van der Waals surface area contributed by atoms with Crippen molar-refractivity contribution < 1.29 is 0 Å². The summed E-state index contributed by atoms with van der Waals surface area (Å²) in [5.41, 5.74) is 5.75. The average Bonchev–Trinajstić information content (AvgIpc) is 2.66. The Balaban J connectivity index is 1.88. The van der Waals surface area contributed by atoms with Crippen LogP contribution < -0.4 is 11.1 Å². The van der Waals surface area contributed by atoms with Crippen molar-refractivity contribution >= 4 is 0 Å². The Bertz CT molecular complexity index is 110. The minimum absolute atomic E-state index is 0.351. The topological polar surface area (TPSA) is 38.0 Å². The number of hydrogen-bond donors (Lipinski definition) is 2. The third-order valence-corrected chi connectivity index (χ3v) is 2.61. The minimum Gasteiger partial charge on any atom is -0.327 e. The van der Waals surface area contributed by atoms with Crippen LogP contribution in [-0.4, -0.2) is 19.1 Å². The van der Waals surface area contributed by atoms with Crippen LogP contribution >= 0.6 is 0 Å². The number of nitrogens with two attached hydrogens (primary N) is 1. The van der Waals surface area contributed by atoms with Gasteiger partial charge in [-0.1, -0.05) is 13.8 Å². The van der Waals surface area contributed by atoms with Crippen LogP contribution in [0.25, 0.3) is 0 Å². The van der Waals surface area contributed by atoms with Crippen LogP contribution in [0.2, 0.25) is 0 Å². The van der Waals surface area contributed by atoms with Gasteiger partial charge in [-0.2, -0.15) is 0 Å². The van der Waals surface area contributed by atoms with E-state index in [0.717, 1.165) is 24.8 Å². The van der Waals surface area contributed by atoms with E-state index >= 15 is 0 Å². The van der Waals surface area contributed by atoms with E-state index in [1.807, 2.05) is 0 Å². The van der Waals surface area contributed by atoms with Gasteiger partial charge in [0.1, 0.15) is 0 Å². The molecule has 2 heteroatoms. The van der Waals surface area contributed by atoms with Gasteiger partial charge in [-0.05, 0) is 31.2 Å². The first-order valence-corrected chi connectivity index (χ1v) is 4.70. The third kappa shape index (κ3) is 3.21. The van der Waals surface area contributed by atoms with Crippen molar-refractivity contribution in [3.63, 3.8) is 0 Å². The molecule has 11 heavy (non-hydrogen) atoms. The monoisotopic (exact) mass is 156 g/mol.